The van der Waals surface area contributed by atoms with Crippen LogP contribution in [0.5, 0.6) is 0 Å². The number of hydrogen-bond donors (Lipinski definition) is 1. The minimum atomic E-state index is -0.457. The number of halogens is 2. The lowest BCUT2D eigenvalue weighted by Gasteiger charge is -2.08. The van der Waals surface area contributed by atoms with Crippen molar-refractivity contribution >= 4 is 32.9 Å². The number of hydrogen-bond acceptors (Lipinski definition) is 3. The lowest BCUT2D eigenvalue weighted by molar-refractivity contribution is 0.0949. The molecule has 0 aliphatic heterocycles. The molecule has 0 unspecified atom stereocenters. The number of aromatic nitrogens is 3. The van der Waals surface area contributed by atoms with Crippen LogP contribution in [0.25, 0.3) is 16.9 Å². The van der Waals surface area contributed by atoms with Gasteiger partial charge in [0.1, 0.15) is 18.0 Å². The summed E-state index contributed by atoms with van der Waals surface area (Å²) in [5.74, 6) is -0.0698. The van der Waals surface area contributed by atoms with Crippen molar-refractivity contribution in [1.29, 1.82) is 0 Å². The van der Waals surface area contributed by atoms with Gasteiger partial charge in [0.15, 0.2) is 0 Å². The summed E-state index contributed by atoms with van der Waals surface area (Å²) in [6, 6.07) is 15.6. The molecule has 4 rings (SSSR count). The number of para-hydroxylation sites is 2. The predicted molar refractivity (Wildman–Crippen MR) is 104 cm³/mol. The molecular formula is C20H14BrFN4O. The monoisotopic (exact) mass is 424 g/mol. The Hall–Kier alpha value is -3.06. The Morgan fingerprint density at radius 1 is 1.11 bits per heavy atom. The molecule has 2 aromatic carbocycles. The maximum absolute atomic E-state index is 13.3. The molecule has 0 atom stereocenters. The topological polar surface area (TPSA) is 59.8 Å². The highest BCUT2D eigenvalue weighted by atomic mass is 79.9. The number of nitrogens with zero attached hydrogens (tertiary/aromatic N) is 3. The van der Waals surface area contributed by atoms with Gasteiger partial charge in [0.2, 0.25) is 0 Å². The molecule has 1 N–H and O–H groups in total. The van der Waals surface area contributed by atoms with Gasteiger partial charge in [-0.2, -0.15) is 0 Å². The molecule has 0 bridgehead atoms. The number of carbonyl (C=O) groups excluding carboxylic acids is 1. The largest absolute Gasteiger partial charge is 0.348 e. The van der Waals surface area contributed by atoms with E-state index in [9.17, 15) is 9.18 Å². The zero-order chi connectivity index (χ0) is 18.8. The number of pyridine rings is 1. The second-order valence-corrected chi connectivity index (χ2v) is 6.79. The van der Waals surface area contributed by atoms with E-state index in [1.807, 2.05) is 41.0 Å². The van der Waals surface area contributed by atoms with Crippen molar-refractivity contribution < 1.29 is 9.18 Å². The third-order valence-electron chi connectivity index (χ3n) is 4.14. The number of imidazole rings is 1. The van der Waals surface area contributed by atoms with Crippen LogP contribution >= 0.6 is 15.9 Å². The highest BCUT2D eigenvalue weighted by Crippen LogP contribution is 2.18. The van der Waals surface area contributed by atoms with Crippen molar-refractivity contribution in [1.82, 2.24) is 19.9 Å². The summed E-state index contributed by atoms with van der Waals surface area (Å²) < 4.78 is 15.8. The molecule has 7 heteroatoms. The molecule has 0 radical (unpaired) electrons. The van der Waals surface area contributed by atoms with Gasteiger partial charge >= 0.3 is 0 Å². The van der Waals surface area contributed by atoms with Gasteiger partial charge in [0.05, 0.1) is 16.6 Å². The van der Waals surface area contributed by atoms with Gasteiger partial charge in [-0.1, -0.05) is 18.2 Å². The van der Waals surface area contributed by atoms with E-state index in [2.05, 4.69) is 31.2 Å². The third kappa shape index (κ3) is 3.59. The third-order valence-corrected chi connectivity index (χ3v) is 4.83. The Morgan fingerprint density at radius 3 is 2.78 bits per heavy atom. The van der Waals surface area contributed by atoms with Crippen molar-refractivity contribution in [3.8, 4) is 5.82 Å². The molecule has 2 heterocycles. The molecule has 0 saturated heterocycles. The first-order chi connectivity index (χ1) is 13.1. The minimum absolute atomic E-state index is 0.254. The first-order valence-electron chi connectivity index (χ1n) is 8.22. The van der Waals surface area contributed by atoms with E-state index >= 15 is 0 Å². The number of carbonyl (C=O) groups is 1. The van der Waals surface area contributed by atoms with Crippen LogP contribution in [0, 0.1) is 5.82 Å². The van der Waals surface area contributed by atoms with Crippen molar-refractivity contribution in [3.05, 3.63) is 88.5 Å². The average molecular weight is 425 g/mol. The Morgan fingerprint density at radius 2 is 1.96 bits per heavy atom. The Bertz CT molecular complexity index is 1120. The highest BCUT2D eigenvalue weighted by molar-refractivity contribution is 9.10. The fourth-order valence-corrected chi connectivity index (χ4v) is 3.18. The van der Waals surface area contributed by atoms with Gasteiger partial charge < -0.3 is 5.32 Å². The molecule has 134 valence electrons. The second-order valence-electron chi connectivity index (χ2n) is 5.93. The average Bonchev–Trinajstić information content (AvgIpc) is 3.12. The quantitative estimate of drug-likeness (QED) is 0.532. The lowest BCUT2D eigenvalue weighted by Crippen LogP contribution is -2.23. The molecule has 0 aliphatic carbocycles. The molecule has 4 aromatic rings. The van der Waals surface area contributed by atoms with Crippen LogP contribution < -0.4 is 5.32 Å². The molecule has 0 spiro atoms. The van der Waals surface area contributed by atoms with E-state index in [0.717, 1.165) is 22.4 Å². The minimum Gasteiger partial charge on any atom is -0.348 e. The van der Waals surface area contributed by atoms with E-state index in [0.29, 0.717) is 11.0 Å². The molecule has 1 amide bonds. The standard InChI is InChI=1S/C20H14BrFN4O/c21-16-7-6-14(22)9-15(16)20(27)24-11-13-5-8-19(23-10-13)26-12-25-17-3-1-2-4-18(17)26/h1-10,12H,11H2,(H,24,27). The first-order valence-corrected chi connectivity index (χ1v) is 9.02. The van der Waals surface area contributed by atoms with E-state index in [1.165, 1.54) is 18.2 Å². The number of benzene rings is 2. The van der Waals surface area contributed by atoms with Crippen molar-refractivity contribution in [2.45, 2.75) is 6.54 Å². The smallest absolute Gasteiger partial charge is 0.252 e. The second kappa shape index (κ2) is 7.28. The zero-order valence-electron chi connectivity index (χ0n) is 14.1. The molecule has 2 aromatic heterocycles. The van der Waals surface area contributed by atoms with Gasteiger partial charge in [-0.15, -0.1) is 0 Å². The molecule has 5 nitrogen and oxygen atoms in total. The number of nitrogens with one attached hydrogen (secondary N) is 1. The van der Waals surface area contributed by atoms with Gasteiger partial charge in [0.25, 0.3) is 5.91 Å². The van der Waals surface area contributed by atoms with Crippen molar-refractivity contribution in [2.24, 2.45) is 0 Å². The van der Waals surface area contributed by atoms with Crippen LogP contribution in [-0.4, -0.2) is 20.4 Å². The van der Waals surface area contributed by atoms with Gasteiger partial charge in [-0.3, -0.25) is 9.36 Å². The van der Waals surface area contributed by atoms with E-state index < -0.39 is 5.82 Å². The maximum atomic E-state index is 13.3. The van der Waals surface area contributed by atoms with Crippen LogP contribution in [0.1, 0.15) is 15.9 Å². The van der Waals surface area contributed by atoms with Crippen LogP contribution in [-0.2, 0) is 6.54 Å². The normalized spacial score (nSPS) is 10.9. The summed E-state index contributed by atoms with van der Waals surface area (Å²) in [7, 11) is 0. The molecule has 27 heavy (non-hydrogen) atoms. The summed E-state index contributed by atoms with van der Waals surface area (Å²) in [5, 5.41) is 2.77. The number of amides is 1. The SMILES string of the molecule is O=C(NCc1ccc(-n2cnc3ccccc32)nc1)c1cc(F)ccc1Br. The summed E-state index contributed by atoms with van der Waals surface area (Å²) >= 11 is 3.26. The maximum Gasteiger partial charge on any atom is 0.252 e. The number of rotatable bonds is 4. The van der Waals surface area contributed by atoms with Crippen LogP contribution in [0.3, 0.4) is 0 Å². The summed E-state index contributed by atoms with van der Waals surface area (Å²) in [5.41, 5.74) is 2.96. The first kappa shape index (κ1) is 17.4. The van der Waals surface area contributed by atoms with Gasteiger partial charge in [-0.05, 0) is 57.9 Å². The van der Waals surface area contributed by atoms with Crippen molar-refractivity contribution in [3.63, 3.8) is 0 Å². The van der Waals surface area contributed by atoms with Gasteiger partial charge in [0, 0.05) is 17.2 Å². The van der Waals surface area contributed by atoms with Crippen LogP contribution in [0.15, 0.2) is 71.6 Å². The summed E-state index contributed by atoms with van der Waals surface area (Å²) in [6.45, 7) is 0.291. The fraction of sp³-hybridized carbons (Fsp3) is 0.0500. The van der Waals surface area contributed by atoms with E-state index in [4.69, 9.17) is 0 Å². The molecular weight excluding hydrogens is 411 g/mol. The van der Waals surface area contributed by atoms with Gasteiger partial charge in [-0.25, -0.2) is 14.4 Å². The molecule has 0 aliphatic rings. The number of fused-ring (bicyclic) bond motifs is 1. The van der Waals surface area contributed by atoms with Crippen LogP contribution in [0.2, 0.25) is 0 Å². The fourth-order valence-electron chi connectivity index (χ4n) is 2.75. The predicted octanol–water partition coefficient (Wildman–Crippen LogP) is 4.25. The van der Waals surface area contributed by atoms with E-state index in [-0.39, 0.29) is 11.5 Å². The summed E-state index contributed by atoms with van der Waals surface area (Å²) in [6.07, 6.45) is 3.43. The molecule has 0 saturated carbocycles. The molecule has 0 fully saturated rings. The Labute approximate surface area is 163 Å². The Balaban J connectivity index is 1.48. The van der Waals surface area contributed by atoms with Crippen LogP contribution in [0.4, 0.5) is 4.39 Å². The van der Waals surface area contributed by atoms with E-state index in [1.54, 1.807) is 12.5 Å². The lowest BCUT2D eigenvalue weighted by atomic mass is 10.2. The zero-order valence-corrected chi connectivity index (χ0v) is 15.6. The van der Waals surface area contributed by atoms with Crippen molar-refractivity contribution in [2.75, 3.05) is 0 Å². The summed E-state index contributed by atoms with van der Waals surface area (Å²) in [4.78, 5) is 21.1. The Kier molecular flexibility index (Phi) is 4.68. The highest BCUT2D eigenvalue weighted by Gasteiger charge is 2.11.